The van der Waals surface area contributed by atoms with Crippen molar-refractivity contribution in [1.82, 2.24) is 19.6 Å². The summed E-state index contributed by atoms with van der Waals surface area (Å²) in [6.07, 6.45) is 6.11. The fourth-order valence-corrected chi connectivity index (χ4v) is 12.0. The summed E-state index contributed by atoms with van der Waals surface area (Å²) in [4.78, 5) is 40.7. The number of carbonyl (C=O) groups is 1. The molecular weight excluding hydrogens is 976 g/mol. The lowest BCUT2D eigenvalue weighted by atomic mass is 9.71. The molecular formula is C53H63ClN8O10S. The Bertz CT molecular complexity index is 3000. The molecule has 6 heterocycles. The van der Waals surface area contributed by atoms with E-state index < -0.39 is 37.0 Å². The number of aromatic nitrogens is 2. The van der Waals surface area contributed by atoms with Gasteiger partial charge in [-0.05, 0) is 102 Å². The minimum absolute atomic E-state index is 0.00459. The Morgan fingerprint density at radius 2 is 1.78 bits per heavy atom. The molecule has 0 spiro atoms. The Kier molecular flexibility index (Phi) is 14.7. The molecule has 0 saturated carbocycles. The standard InChI is InChI=1S/C53H63ClN8O10S/c1-52(2)29-42(35-6-8-37(54)9-7-35)43-32-60-20-19-59(31-39(60)33-70-21-5-23-71-48(43)30-52)38-10-12-41(45(27-38)61-18-4-22-72-51-47(61)26-36-14-17-55-49(36)57-51)50(63)58-73(66,67)40-11-13-44(46(28-40)62(64)65)56-34-53(68-3)15-24-69-25-16-53/h6-14,17,26-28,39,48,56H,4-5,15-16,18-25,29-34H2,1-3H3,(H,55,57)(H,58,63)/t39-,48?/m0/s1. The van der Waals surface area contributed by atoms with Gasteiger partial charge in [-0.25, -0.2) is 13.1 Å². The van der Waals surface area contributed by atoms with Crippen molar-refractivity contribution in [3.63, 3.8) is 0 Å². The molecule has 0 bridgehead atoms. The van der Waals surface area contributed by atoms with Crippen molar-refractivity contribution in [3.05, 3.63) is 111 Å². The number of pyridine rings is 1. The predicted octanol–water partition coefficient (Wildman–Crippen LogP) is 8.34. The fraction of sp³-hybridized carbons (Fsp3) is 0.472. The number of H-pyrrole nitrogens is 1. The number of allylic oxidation sites excluding steroid dienone is 1. The number of halogens is 1. The van der Waals surface area contributed by atoms with Crippen molar-refractivity contribution in [2.75, 3.05) is 101 Å². The van der Waals surface area contributed by atoms with Crippen LogP contribution in [0.2, 0.25) is 5.02 Å². The normalized spacial score (nSPS) is 21.7. The highest BCUT2D eigenvalue weighted by atomic mass is 35.5. The topological polar surface area (TPSA) is 203 Å². The number of piperazine rings is 1. The van der Waals surface area contributed by atoms with Crippen LogP contribution in [0, 0.1) is 15.5 Å². The summed E-state index contributed by atoms with van der Waals surface area (Å²) in [5.74, 6) is -0.538. The lowest BCUT2D eigenvalue weighted by molar-refractivity contribution is -0.384. The number of ether oxygens (including phenoxy) is 5. The summed E-state index contributed by atoms with van der Waals surface area (Å²) in [5, 5.41) is 17.0. The molecule has 18 nitrogen and oxygen atoms in total. The van der Waals surface area contributed by atoms with Gasteiger partial charge in [0, 0.05) is 114 Å². The SMILES string of the molecule is COC1(CNc2ccc(S(=O)(=O)NC(=O)c3ccc(N4CCN5CC6=C(c7ccc(Cl)cc7)CC(C)(C)CC6OCCCOC[C@@H]5C4)cc3N3CCCOc4nc5[nH]ccc5cc43)cc2[N+](=O)[O-])CCOCC1. The van der Waals surface area contributed by atoms with Crippen LogP contribution < -0.4 is 24.6 Å². The van der Waals surface area contributed by atoms with E-state index in [4.69, 9.17) is 40.3 Å². The second-order valence-corrected chi connectivity index (χ2v) is 22.5. The Balaban J connectivity index is 0.967. The molecule has 3 aromatic carbocycles. The summed E-state index contributed by atoms with van der Waals surface area (Å²) in [5.41, 5.74) is 5.47. The van der Waals surface area contributed by atoms with Crippen molar-refractivity contribution in [2.24, 2.45) is 5.41 Å². The molecule has 388 valence electrons. The number of nitro groups is 1. The second kappa shape index (κ2) is 21.2. The zero-order valence-corrected chi connectivity index (χ0v) is 43.1. The average molecular weight is 1040 g/mol. The third-order valence-corrected chi connectivity index (χ3v) is 16.5. The van der Waals surface area contributed by atoms with Gasteiger partial charge in [0.25, 0.3) is 21.6 Å². The molecule has 4 aliphatic heterocycles. The van der Waals surface area contributed by atoms with Crippen LogP contribution in [0.15, 0.2) is 89.5 Å². The minimum Gasteiger partial charge on any atom is -0.476 e. The van der Waals surface area contributed by atoms with Crippen molar-refractivity contribution in [1.29, 1.82) is 0 Å². The molecule has 1 amide bonds. The van der Waals surface area contributed by atoms with Crippen molar-refractivity contribution in [2.45, 2.75) is 75.0 Å². The van der Waals surface area contributed by atoms with Crippen LogP contribution in [0.25, 0.3) is 16.6 Å². The molecule has 3 saturated heterocycles. The molecule has 10 rings (SSSR count). The lowest BCUT2D eigenvalue weighted by Crippen LogP contribution is -2.56. The Morgan fingerprint density at radius 3 is 2.58 bits per heavy atom. The number of nitrogens with zero attached hydrogens (tertiary/aromatic N) is 5. The van der Waals surface area contributed by atoms with E-state index in [1.165, 1.54) is 23.3 Å². The third-order valence-electron chi connectivity index (χ3n) is 15.0. The van der Waals surface area contributed by atoms with Gasteiger partial charge in [0.05, 0.1) is 52.0 Å². The second-order valence-electron chi connectivity index (χ2n) is 20.4. The van der Waals surface area contributed by atoms with Crippen LogP contribution in [-0.4, -0.2) is 138 Å². The summed E-state index contributed by atoms with van der Waals surface area (Å²) >= 11 is 6.38. The monoisotopic (exact) mass is 1040 g/mol. The number of amides is 1. The first kappa shape index (κ1) is 50.7. The van der Waals surface area contributed by atoms with Gasteiger partial charge >= 0.3 is 0 Å². The van der Waals surface area contributed by atoms with E-state index in [1.807, 2.05) is 41.3 Å². The van der Waals surface area contributed by atoms with E-state index in [9.17, 15) is 23.3 Å². The minimum atomic E-state index is -4.65. The van der Waals surface area contributed by atoms with Gasteiger partial charge < -0.3 is 43.8 Å². The number of carbonyl (C=O) groups excluding carboxylic acids is 1. The van der Waals surface area contributed by atoms with Crippen LogP contribution in [0.1, 0.15) is 68.3 Å². The van der Waals surface area contributed by atoms with Crippen molar-refractivity contribution >= 4 is 72.6 Å². The molecule has 2 atom stereocenters. The van der Waals surface area contributed by atoms with Gasteiger partial charge in [-0.1, -0.05) is 37.6 Å². The van der Waals surface area contributed by atoms with Gasteiger partial charge in [-0.2, -0.15) is 4.98 Å². The zero-order valence-electron chi connectivity index (χ0n) is 41.5. The van der Waals surface area contributed by atoms with E-state index in [0.29, 0.717) is 106 Å². The molecule has 20 heteroatoms. The van der Waals surface area contributed by atoms with Crippen LogP contribution in [-0.2, 0) is 29.0 Å². The Morgan fingerprint density at radius 1 is 0.959 bits per heavy atom. The maximum atomic E-state index is 14.6. The number of rotatable bonds is 11. The van der Waals surface area contributed by atoms with Gasteiger partial charge in [0.15, 0.2) is 0 Å². The smallest absolute Gasteiger partial charge is 0.293 e. The molecule has 5 aromatic rings. The first-order valence-electron chi connectivity index (χ1n) is 25.1. The number of sulfonamides is 1. The summed E-state index contributed by atoms with van der Waals surface area (Å²) in [6, 6.07) is 21.0. The number of hydrogen-bond donors (Lipinski definition) is 3. The van der Waals surface area contributed by atoms with Gasteiger partial charge in [0.1, 0.15) is 17.0 Å². The van der Waals surface area contributed by atoms with E-state index in [0.717, 1.165) is 55.1 Å². The fourth-order valence-electron chi connectivity index (χ4n) is 10.9. The van der Waals surface area contributed by atoms with Crippen LogP contribution in [0.4, 0.5) is 28.4 Å². The molecule has 3 fully saturated rings. The number of hydrogen-bond acceptors (Lipinski definition) is 15. The molecule has 1 aliphatic carbocycles. The number of benzene rings is 3. The van der Waals surface area contributed by atoms with E-state index in [-0.39, 0.29) is 35.4 Å². The first-order chi connectivity index (χ1) is 35.2. The maximum Gasteiger partial charge on any atom is 0.293 e. The Labute approximate surface area is 430 Å². The van der Waals surface area contributed by atoms with Gasteiger partial charge in [0.2, 0.25) is 5.88 Å². The predicted molar refractivity (Wildman–Crippen MR) is 280 cm³/mol. The highest BCUT2D eigenvalue weighted by Gasteiger charge is 2.39. The van der Waals surface area contributed by atoms with Crippen molar-refractivity contribution in [3.8, 4) is 5.88 Å². The molecule has 3 N–H and O–H groups in total. The maximum absolute atomic E-state index is 14.6. The Hall–Kier alpha value is -5.80. The van der Waals surface area contributed by atoms with Gasteiger partial charge in [-0.15, -0.1) is 0 Å². The highest BCUT2D eigenvalue weighted by molar-refractivity contribution is 7.90. The van der Waals surface area contributed by atoms with Crippen LogP contribution in [0.3, 0.4) is 0 Å². The summed E-state index contributed by atoms with van der Waals surface area (Å²) in [6.45, 7) is 11.0. The number of nitro benzene ring substituents is 1. The highest BCUT2D eigenvalue weighted by Crippen LogP contribution is 2.46. The number of anilines is 4. The number of fused-ring (bicyclic) bond motifs is 4. The molecule has 2 aromatic heterocycles. The summed E-state index contributed by atoms with van der Waals surface area (Å²) < 4.78 is 61.1. The van der Waals surface area contributed by atoms with Crippen LogP contribution in [0.5, 0.6) is 5.88 Å². The largest absolute Gasteiger partial charge is 0.476 e. The van der Waals surface area contributed by atoms with E-state index in [2.05, 4.69) is 50.8 Å². The average Bonchev–Trinajstić information content (AvgIpc) is 3.73. The molecule has 73 heavy (non-hydrogen) atoms. The van der Waals surface area contributed by atoms with E-state index in [1.54, 1.807) is 19.4 Å². The first-order valence-corrected chi connectivity index (χ1v) is 27.0. The quantitative estimate of drug-likeness (QED) is 0.0841. The zero-order chi connectivity index (χ0) is 50.9. The number of methoxy groups -OCH3 is 1. The van der Waals surface area contributed by atoms with Crippen LogP contribution >= 0.6 is 11.6 Å². The number of aromatic amines is 1. The summed E-state index contributed by atoms with van der Waals surface area (Å²) in [7, 11) is -3.06. The lowest BCUT2D eigenvalue weighted by Gasteiger charge is -2.45. The molecule has 5 aliphatic rings. The van der Waals surface area contributed by atoms with E-state index >= 15 is 0 Å². The third kappa shape index (κ3) is 11.0. The van der Waals surface area contributed by atoms with Gasteiger partial charge in [-0.3, -0.25) is 19.8 Å². The van der Waals surface area contributed by atoms with Crippen molar-refractivity contribution < 1.29 is 41.8 Å². The molecule has 1 unspecified atom stereocenters. The molecule has 0 radical (unpaired) electrons. The number of nitrogens with one attached hydrogen (secondary N) is 3.